The smallest absolute Gasteiger partial charge is 0.321 e. The van der Waals surface area contributed by atoms with Crippen molar-refractivity contribution >= 4 is 28.4 Å². The quantitative estimate of drug-likeness (QED) is 0.464. The Morgan fingerprint density at radius 2 is 1.94 bits per heavy atom. The van der Waals surface area contributed by atoms with Crippen LogP contribution in [0.3, 0.4) is 0 Å². The van der Waals surface area contributed by atoms with E-state index in [1.54, 1.807) is 43.5 Å². The normalized spacial score (nSPS) is 10.4. The monoisotopic (exact) mass is 442 g/mol. The first-order chi connectivity index (χ1) is 14.9. The Morgan fingerprint density at radius 3 is 2.71 bits per heavy atom. The molecule has 31 heavy (non-hydrogen) atoms. The number of halogens is 1. The summed E-state index contributed by atoms with van der Waals surface area (Å²) in [6.45, 7) is 2.24. The van der Waals surface area contributed by atoms with Crippen LogP contribution in [0.4, 0.5) is 14.3 Å². The minimum absolute atomic E-state index is 0.238. The molecule has 3 amide bonds. The summed E-state index contributed by atoms with van der Waals surface area (Å²) in [6, 6.07) is 11.5. The maximum absolute atomic E-state index is 13.7. The summed E-state index contributed by atoms with van der Waals surface area (Å²) in [6.07, 6.45) is 2.20. The Kier molecular flexibility index (Phi) is 7.55. The minimum atomic E-state index is -0.419. The second-order valence-corrected chi connectivity index (χ2v) is 7.88. The van der Waals surface area contributed by atoms with Crippen molar-refractivity contribution < 1.29 is 18.7 Å². The largest absolute Gasteiger partial charge is 0.497 e. The zero-order valence-corrected chi connectivity index (χ0v) is 18.0. The molecule has 0 atom stereocenters. The number of aryl methyl sites for hydroxylation is 1. The lowest BCUT2D eigenvalue weighted by Gasteiger charge is -2.08. The van der Waals surface area contributed by atoms with Crippen LogP contribution in [0.15, 0.2) is 48.7 Å². The van der Waals surface area contributed by atoms with E-state index in [0.29, 0.717) is 28.4 Å². The molecule has 0 unspecified atom stereocenters. The van der Waals surface area contributed by atoms with Gasteiger partial charge in [0.05, 0.1) is 7.11 Å². The maximum atomic E-state index is 13.7. The molecule has 162 valence electrons. The fourth-order valence-corrected chi connectivity index (χ4v) is 3.60. The van der Waals surface area contributed by atoms with Crippen molar-refractivity contribution in [3.8, 4) is 5.75 Å². The molecule has 0 spiro atoms. The fourth-order valence-electron chi connectivity index (χ4n) is 2.75. The van der Waals surface area contributed by atoms with Crippen LogP contribution in [0.25, 0.3) is 0 Å². The van der Waals surface area contributed by atoms with E-state index in [1.807, 2.05) is 6.07 Å². The second-order valence-electron chi connectivity index (χ2n) is 6.76. The van der Waals surface area contributed by atoms with Gasteiger partial charge in [0.15, 0.2) is 5.13 Å². The van der Waals surface area contributed by atoms with Crippen molar-refractivity contribution in [1.29, 1.82) is 0 Å². The molecule has 0 bridgehead atoms. The highest BCUT2D eigenvalue weighted by atomic mass is 32.1. The van der Waals surface area contributed by atoms with Gasteiger partial charge in [-0.3, -0.25) is 10.1 Å². The number of aromatic nitrogens is 1. The van der Waals surface area contributed by atoms with Gasteiger partial charge in [-0.2, -0.15) is 0 Å². The van der Waals surface area contributed by atoms with Gasteiger partial charge >= 0.3 is 6.03 Å². The van der Waals surface area contributed by atoms with E-state index in [1.165, 1.54) is 24.5 Å². The highest BCUT2D eigenvalue weighted by molar-refractivity contribution is 7.15. The van der Waals surface area contributed by atoms with Crippen molar-refractivity contribution in [2.24, 2.45) is 0 Å². The molecule has 0 aliphatic rings. The van der Waals surface area contributed by atoms with Gasteiger partial charge in [-0.15, -0.1) is 11.3 Å². The van der Waals surface area contributed by atoms with Gasteiger partial charge in [0.25, 0.3) is 5.91 Å². The molecule has 0 aliphatic heterocycles. The molecular formula is C22H23FN4O3S. The number of urea groups is 1. The Labute approximate surface area is 183 Å². The van der Waals surface area contributed by atoms with E-state index in [0.717, 1.165) is 10.4 Å². The molecule has 7 nitrogen and oxygen atoms in total. The first-order valence-electron chi connectivity index (χ1n) is 9.61. The minimum Gasteiger partial charge on any atom is -0.497 e. The molecule has 3 rings (SSSR count). The molecule has 0 saturated heterocycles. The Balaban J connectivity index is 1.40. The van der Waals surface area contributed by atoms with Crippen molar-refractivity contribution in [1.82, 2.24) is 15.6 Å². The molecule has 1 heterocycles. The predicted molar refractivity (Wildman–Crippen MR) is 118 cm³/mol. The van der Waals surface area contributed by atoms with E-state index < -0.39 is 6.03 Å². The third-order valence-electron chi connectivity index (χ3n) is 4.42. The second kappa shape index (κ2) is 10.5. The van der Waals surface area contributed by atoms with Gasteiger partial charge < -0.3 is 15.4 Å². The van der Waals surface area contributed by atoms with Crippen LogP contribution in [0.1, 0.15) is 26.4 Å². The fraction of sp³-hybridized carbons (Fsp3) is 0.227. The lowest BCUT2D eigenvalue weighted by atomic mass is 10.1. The number of amides is 3. The number of hydrogen-bond donors (Lipinski definition) is 3. The van der Waals surface area contributed by atoms with Gasteiger partial charge in [0, 0.05) is 36.1 Å². The molecule has 0 fully saturated rings. The van der Waals surface area contributed by atoms with E-state index >= 15 is 0 Å². The molecule has 3 N–H and O–H groups in total. The van der Waals surface area contributed by atoms with E-state index in [-0.39, 0.29) is 24.8 Å². The van der Waals surface area contributed by atoms with Crippen LogP contribution in [-0.4, -0.2) is 37.1 Å². The molecular weight excluding hydrogens is 419 g/mol. The highest BCUT2D eigenvalue weighted by Crippen LogP contribution is 2.22. The number of carbonyl (C=O) groups excluding carboxylic acids is 2. The average molecular weight is 443 g/mol. The lowest BCUT2D eigenvalue weighted by molar-refractivity contribution is 0.0953. The van der Waals surface area contributed by atoms with E-state index in [9.17, 15) is 14.0 Å². The predicted octanol–water partition coefficient (Wildman–Crippen LogP) is 3.74. The number of hydrogen-bond acceptors (Lipinski definition) is 5. The van der Waals surface area contributed by atoms with Crippen LogP contribution in [-0.2, 0) is 6.42 Å². The number of methoxy groups -OCH3 is 1. The van der Waals surface area contributed by atoms with Crippen molar-refractivity contribution in [2.75, 3.05) is 25.5 Å². The summed E-state index contributed by atoms with van der Waals surface area (Å²) in [5.74, 6) is 0.108. The molecule has 0 aliphatic carbocycles. The van der Waals surface area contributed by atoms with E-state index in [2.05, 4.69) is 20.9 Å². The van der Waals surface area contributed by atoms with Gasteiger partial charge in [-0.05, 0) is 42.3 Å². The number of anilines is 1. The van der Waals surface area contributed by atoms with Crippen LogP contribution in [0, 0.1) is 12.7 Å². The maximum Gasteiger partial charge on any atom is 0.321 e. The average Bonchev–Trinajstić information content (AvgIpc) is 3.20. The number of nitrogens with zero attached hydrogens (tertiary/aromatic N) is 1. The molecule has 3 aromatic rings. The first-order valence-corrected chi connectivity index (χ1v) is 10.4. The lowest BCUT2D eigenvalue weighted by Crippen LogP contribution is -2.36. The molecule has 1 aromatic heterocycles. The Morgan fingerprint density at radius 1 is 1.13 bits per heavy atom. The number of carbonyl (C=O) groups is 2. The van der Waals surface area contributed by atoms with Gasteiger partial charge in [0.2, 0.25) is 0 Å². The summed E-state index contributed by atoms with van der Waals surface area (Å²) in [5.41, 5.74) is 1.92. The third-order valence-corrected chi connectivity index (χ3v) is 5.33. The molecule has 0 saturated carbocycles. The standard InChI is InChI=1S/C22H23FN4O3S/c1-14-6-7-15(11-19(14)23)10-18-13-26-22(31-18)27-21(29)25-9-8-24-20(28)16-4-3-5-17(12-16)30-2/h3-7,11-13H,8-10H2,1-2H3,(H,24,28)(H2,25,26,27,29). The number of thiazole rings is 1. The van der Waals surface area contributed by atoms with Gasteiger partial charge in [-0.1, -0.05) is 18.2 Å². The Hall–Kier alpha value is -3.46. The summed E-state index contributed by atoms with van der Waals surface area (Å²) >= 11 is 1.32. The van der Waals surface area contributed by atoms with Crippen LogP contribution >= 0.6 is 11.3 Å². The number of ether oxygens (including phenoxy) is 1. The number of rotatable bonds is 8. The molecule has 2 aromatic carbocycles. The van der Waals surface area contributed by atoms with Crippen molar-refractivity contribution in [3.05, 3.63) is 76.0 Å². The Bertz CT molecular complexity index is 1070. The summed E-state index contributed by atoms with van der Waals surface area (Å²) in [5, 5.41) is 8.49. The number of benzene rings is 2. The molecule has 9 heteroatoms. The van der Waals surface area contributed by atoms with Gasteiger partial charge in [-0.25, -0.2) is 14.2 Å². The van der Waals surface area contributed by atoms with Crippen LogP contribution in [0.2, 0.25) is 0 Å². The summed E-state index contributed by atoms with van der Waals surface area (Å²) < 4.78 is 18.8. The molecule has 0 radical (unpaired) electrons. The van der Waals surface area contributed by atoms with Crippen LogP contribution in [0.5, 0.6) is 5.75 Å². The first kappa shape index (κ1) is 22.2. The topological polar surface area (TPSA) is 92.4 Å². The van der Waals surface area contributed by atoms with E-state index in [4.69, 9.17) is 4.74 Å². The van der Waals surface area contributed by atoms with Gasteiger partial charge in [0.1, 0.15) is 11.6 Å². The third kappa shape index (κ3) is 6.51. The summed E-state index contributed by atoms with van der Waals surface area (Å²) in [7, 11) is 1.53. The van der Waals surface area contributed by atoms with Crippen molar-refractivity contribution in [3.63, 3.8) is 0 Å². The SMILES string of the molecule is COc1cccc(C(=O)NCCNC(=O)Nc2ncc(Cc3ccc(C)c(F)c3)s2)c1. The zero-order valence-electron chi connectivity index (χ0n) is 17.2. The zero-order chi connectivity index (χ0) is 22.2. The number of nitrogens with one attached hydrogen (secondary N) is 3. The van der Waals surface area contributed by atoms with Crippen molar-refractivity contribution in [2.45, 2.75) is 13.3 Å². The highest BCUT2D eigenvalue weighted by Gasteiger charge is 2.09. The van der Waals surface area contributed by atoms with Crippen LogP contribution < -0.4 is 20.7 Å². The summed E-state index contributed by atoms with van der Waals surface area (Å²) in [4.78, 5) is 29.2.